The molecule has 0 aliphatic heterocycles. The Morgan fingerprint density at radius 3 is 2.75 bits per heavy atom. The molecule has 0 fully saturated rings. The molecule has 0 saturated carbocycles. The van der Waals surface area contributed by atoms with Crippen LogP contribution in [0.3, 0.4) is 0 Å². The minimum Gasteiger partial charge on any atom is -0.459 e. The first-order valence-corrected chi connectivity index (χ1v) is 7.46. The van der Waals surface area contributed by atoms with E-state index in [0.717, 1.165) is 23.9 Å². The lowest BCUT2D eigenvalue weighted by Gasteiger charge is -2.06. The highest BCUT2D eigenvalue weighted by Crippen LogP contribution is 2.24. The number of nitrogens with one attached hydrogen (secondary N) is 1. The van der Waals surface area contributed by atoms with Gasteiger partial charge in [0.15, 0.2) is 23.2 Å². The van der Waals surface area contributed by atoms with Gasteiger partial charge in [0.25, 0.3) is 11.1 Å². The number of carbonyl (C=O) groups is 1. The van der Waals surface area contributed by atoms with Crippen LogP contribution in [0.4, 0.5) is 18.9 Å². The molecule has 1 amide bonds. The van der Waals surface area contributed by atoms with E-state index in [0.29, 0.717) is 5.76 Å². The minimum absolute atomic E-state index is 0.0994. The number of nitrogens with zero attached hydrogens (tertiary/aromatic N) is 2. The second-order valence-electron chi connectivity index (χ2n) is 4.41. The van der Waals surface area contributed by atoms with Crippen LogP contribution in [-0.4, -0.2) is 21.9 Å². The summed E-state index contributed by atoms with van der Waals surface area (Å²) in [7, 11) is 0. The third-order valence-electron chi connectivity index (χ3n) is 2.77. The summed E-state index contributed by atoms with van der Waals surface area (Å²) in [5.41, 5.74) is -0.457. The molecule has 0 saturated heterocycles. The Bertz CT molecular complexity index is 868. The zero-order chi connectivity index (χ0) is 17.1. The van der Waals surface area contributed by atoms with Crippen molar-refractivity contribution >= 4 is 23.4 Å². The number of furan rings is 1. The number of benzene rings is 1. The van der Waals surface area contributed by atoms with Gasteiger partial charge in [-0.25, -0.2) is 13.2 Å². The summed E-state index contributed by atoms with van der Waals surface area (Å²) in [6.07, 6.45) is 1.44. The van der Waals surface area contributed by atoms with Gasteiger partial charge in [-0.15, -0.1) is 10.2 Å². The predicted octanol–water partition coefficient (Wildman–Crippen LogP) is 3.48. The number of anilines is 1. The van der Waals surface area contributed by atoms with Gasteiger partial charge in [0.2, 0.25) is 5.91 Å². The van der Waals surface area contributed by atoms with Crippen molar-refractivity contribution in [3.05, 3.63) is 48.0 Å². The lowest BCUT2D eigenvalue weighted by molar-refractivity contribution is -0.113. The van der Waals surface area contributed by atoms with Crippen LogP contribution in [0.25, 0.3) is 11.7 Å². The number of hydrogen-bond donors (Lipinski definition) is 1. The Labute approximate surface area is 137 Å². The highest BCUT2D eigenvalue weighted by atomic mass is 32.2. The van der Waals surface area contributed by atoms with E-state index < -0.39 is 29.0 Å². The van der Waals surface area contributed by atoms with Crippen molar-refractivity contribution in [1.82, 2.24) is 10.2 Å². The first-order valence-electron chi connectivity index (χ1n) is 6.48. The number of thioether (sulfide) groups is 1. The Morgan fingerprint density at radius 2 is 2.00 bits per heavy atom. The molecule has 0 atom stereocenters. The smallest absolute Gasteiger partial charge is 0.284 e. The topological polar surface area (TPSA) is 81.2 Å². The number of amides is 1. The molecular weight excluding hydrogens is 347 g/mol. The van der Waals surface area contributed by atoms with Crippen LogP contribution in [0.1, 0.15) is 0 Å². The Balaban J connectivity index is 1.59. The number of halogens is 3. The zero-order valence-corrected chi connectivity index (χ0v) is 12.6. The average Bonchev–Trinajstić information content (AvgIpc) is 3.24. The summed E-state index contributed by atoms with van der Waals surface area (Å²) in [5, 5.41) is 9.69. The molecule has 0 spiro atoms. The quantitative estimate of drug-likeness (QED) is 0.557. The molecule has 1 aromatic carbocycles. The fraction of sp³-hybridized carbons (Fsp3) is 0.0714. The molecule has 0 radical (unpaired) electrons. The minimum atomic E-state index is -1.65. The van der Waals surface area contributed by atoms with Gasteiger partial charge in [-0.2, -0.15) is 0 Å². The predicted molar refractivity (Wildman–Crippen MR) is 77.7 cm³/mol. The van der Waals surface area contributed by atoms with E-state index in [4.69, 9.17) is 8.83 Å². The molecule has 0 unspecified atom stereocenters. The maximum absolute atomic E-state index is 13.5. The Hall–Kier alpha value is -2.75. The maximum atomic E-state index is 13.5. The Morgan fingerprint density at radius 1 is 1.17 bits per heavy atom. The van der Waals surface area contributed by atoms with Gasteiger partial charge in [0.1, 0.15) is 0 Å². The molecule has 3 aromatic rings. The highest BCUT2D eigenvalue weighted by molar-refractivity contribution is 7.99. The molecule has 3 rings (SSSR count). The SMILES string of the molecule is O=C(CSc1nnc(-c2ccco2)o1)Nc1ccc(F)c(F)c1F. The molecular formula is C14H8F3N3O3S. The fourth-order valence-corrected chi connectivity index (χ4v) is 2.27. The number of aromatic nitrogens is 2. The van der Waals surface area contributed by atoms with Crippen LogP contribution < -0.4 is 5.32 Å². The molecule has 0 aliphatic carbocycles. The van der Waals surface area contributed by atoms with Gasteiger partial charge in [0, 0.05) is 0 Å². The maximum Gasteiger partial charge on any atom is 0.284 e. The summed E-state index contributed by atoms with van der Waals surface area (Å²) in [4.78, 5) is 11.7. The van der Waals surface area contributed by atoms with E-state index in [2.05, 4.69) is 15.5 Å². The molecule has 124 valence electrons. The molecule has 0 bridgehead atoms. The van der Waals surface area contributed by atoms with Crippen molar-refractivity contribution < 1.29 is 26.8 Å². The van der Waals surface area contributed by atoms with Gasteiger partial charge in [-0.1, -0.05) is 11.8 Å². The van der Waals surface area contributed by atoms with Gasteiger partial charge < -0.3 is 14.2 Å². The molecule has 0 aliphatic rings. The largest absolute Gasteiger partial charge is 0.459 e. The second-order valence-corrected chi connectivity index (χ2v) is 5.34. The lowest BCUT2D eigenvalue weighted by atomic mass is 10.3. The van der Waals surface area contributed by atoms with E-state index in [1.165, 1.54) is 6.26 Å². The number of carbonyl (C=O) groups excluding carboxylic acids is 1. The van der Waals surface area contributed by atoms with E-state index in [1.807, 2.05) is 0 Å². The molecule has 2 heterocycles. The molecule has 6 nitrogen and oxygen atoms in total. The third-order valence-corrected chi connectivity index (χ3v) is 3.59. The van der Waals surface area contributed by atoms with Gasteiger partial charge in [-0.3, -0.25) is 4.79 Å². The average molecular weight is 355 g/mol. The van der Waals surface area contributed by atoms with Crippen molar-refractivity contribution in [3.63, 3.8) is 0 Å². The van der Waals surface area contributed by atoms with Gasteiger partial charge in [-0.05, 0) is 24.3 Å². The highest BCUT2D eigenvalue weighted by Gasteiger charge is 2.16. The monoisotopic (exact) mass is 355 g/mol. The Kier molecular flexibility index (Phi) is 4.56. The standard InChI is InChI=1S/C14H8F3N3O3S/c15-7-3-4-8(12(17)11(7)16)18-10(21)6-24-14-20-19-13(23-14)9-2-1-5-22-9/h1-5H,6H2,(H,18,21). The normalized spacial score (nSPS) is 10.8. The van der Waals surface area contributed by atoms with Gasteiger partial charge >= 0.3 is 0 Å². The van der Waals surface area contributed by atoms with Crippen LogP contribution in [-0.2, 0) is 4.79 Å². The number of rotatable bonds is 5. The summed E-state index contributed by atoms with van der Waals surface area (Å²) in [5.74, 6) is -4.78. The second kappa shape index (κ2) is 6.79. The fourth-order valence-electron chi connectivity index (χ4n) is 1.70. The van der Waals surface area contributed by atoms with E-state index in [9.17, 15) is 18.0 Å². The van der Waals surface area contributed by atoms with Crippen LogP contribution in [0.2, 0.25) is 0 Å². The van der Waals surface area contributed by atoms with Crippen molar-refractivity contribution in [1.29, 1.82) is 0 Å². The summed E-state index contributed by atoms with van der Waals surface area (Å²) in [6.45, 7) is 0. The van der Waals surface area contributed by atoms with Crippen molar-refractivity contribution in [3.8, 4) is 11.7 Å². The van der Waals surface area contributed by atoms with Gasteiger partial charge in [0.05, 0.1) is 17.7 Å². The molecule has 10 heteroatoms. The van der Waals surface area contributed by atoms with Crippen molar-refractivity contribution in [2.45, 2.75) is 5.22 Å². The molecule has 1 N–H and O–H groups in total. The summed E-state index contributed by atoms with van der Waals surface area (Å²) in [6, 6.07) is 4.92. The van der Waals surface area contributed by atoms with Crippen LogP contribution >= 0.6 is 11.8 Å². The van der Waals surface area contributed by atoms with Crippen molar-refractivity contribution in [2.75, 3.05) is 11.1 Å². The summed E-state index contributed by atoms with van der Waals surface area (Å²) < 4.78 is 49.7. The van der Waals surface area contributed by atoms with Crippen LogP contribution in [0, 0.1) is 17.5 Å². The van der Waals surface area contributed by atoms with Crippen LogP contribution in [0.5, 0.6) is 0 Å². The van der Waals surface area contributed by atoms with Crippen molar-refractivity contribution in [2.24, 2.45) is 0 Å². The molecule has 24 heavy (non-hydrogen) atoms. The van der Waals surface area contributed by atoms with E-state index in [1.54, 1.807) is 12.1 Å². The summed E-state index contributed by atoms with van der Waals surface area (Å²) >= 11 is 0.895. The number of hydrogen-bond acceptors (Lipinski definition) is 6. The van der Waals surface area contributed by atoms with E-state index >= 15 is 0 Å². The first kappa shape index (κ1) is 16.1. The zero-order valence-electron chi connectivity index (χ0n) is 11.8. The third kappa shape index (κ3) is 3.43. The lowest BCUT2D eigenvalue weighted by Crippen LogP contribution is -2.15. The van der Waals surface area contributed by atoms with E-state index in [-0.39, 0.29) is 16.9 Å². The molecule has 2 aromatic heterocycles. The van der Waals surface area contributed by atoms with Crippen LogP contribution in [0.15, 0.2) is 44.6 Å². The first-order chi connectivity index (χ1) is 11.5.